The topological polar surface area (TPSA) is 64.8 Å². The Morgan fingerprint density at radius 1 is 1.35 bits per heavy atom. The van der Waals surface area contributed by atoms with Gasteiger partial charge in [0.2, 0.25) is 0 Å². The number of hydrogen-bond donors (Lipinski definition) is 1. The Balaban J connectivity index is 2.16. The molecule has 1 aliphatic rings. The molecule has 2 N–H and O–H groups in total. The first-order valence-electron chi connectivity index (χ1n) is 6.79. The molecule has 1 aromatic rings. The molecule has 1 aliphatic heterocycles. The predicted octanol–water partition coefficient (Wildman–Crippen LogP) is 2.58. The third-order valence-corrected chi connectivity index (χ3v) is 3.08. The lowest BCUT2D eigenvalue weighted by Gasteiger charge is -2.36. The van der Waals surface area contributed by atoms with Crippen LogP contribution in [0.3, 0.4) is 0 Å². The van der Waals surface area contributed by atoms with E-state index < -0.39 is 5.60 Å². The number of nitrogens with zero attached hydrogens (tertiary/aromatic N) is 1. The molecule has 20 heavy (non-hydrogen) atoms. The molecule has 110 valence electrons. The largest absolute Gasteiger partial charge is 0.444 e. The summed E-state index contributed by atoms with van der Waals surface area (Å²) in [6.07, 6.45) is -0.303. The van der Waals surface area contributed by atoms with Crippen molar-refractivity contribution >= 4 is 11.8 Å². The van der Waals surface area contributed by atoms with E-state index >= 15 is 0 Å². The predicted molar refractivity (Wildman–Crippen MR) is 77.4 cm³/mol. The van der Waals surface area contributed by atoms with Crippen molar-refractivity contribution in [3.63, 3.8) is 0 Å². The molecule has 0 aliphatic carbocycles. The number of benzene rings is 1. The zero-order chi connectivity index (χ0) is 14.8. The van der Waals surface area contributed by atoms with E-state index in [0.29, 0.717) is 25.4 Å². The van der Waals surface area contributed by atoms with Gasteiger partial charge in [0.15, 0.2) is 0 Å². The van der Waals surface area contributed by atoms with E-state index in [-0.39, 0.29) is 12.1 Å². The molecule has 0 radical (unpaired) electrons. The molecule has 1 aromatic carbocycles. The lowest BCUT2D eigenvalue weighted by atomic mass is 10.0. The monoisotopic (exact) mass is 278 g/mol. The lowest BCUT2D eigenvalue weighted by molar-refractivity contribution is -0.0331. The van der Waals surface area contributed by atoms with Gasteiger partial charge >= 0.3 is 6.09 Å². The molecule has 0 spiro atoms. The van der Waals surface area contributed by atoms with E-state index in [0.717, 1.165) is 5.56 Å². The van der Waals surface area contributed by atoms with Crippen LogP contribution < -0.4 is 5.73 Å². The van der Waals surface area contributed by atoms with Crippen LogP contribution in [0.5, 0.6) is 0 Å². The number of morpholine rings is 1. The van der Waals surface area contributed by atoms with Crippen molar-refractivity contribution < 1.29 is 14.3 Å². The summed E-state index contributed by atoms with van der Waals surface area (Å²) in [5, 5.41) is 0. The van der Waals surface area contributed by atoms with Crippen LogP contribution in [0.15, 0.2) is 24.3 Å². The first-order valence-corrected chi connectivity index (χ1v) is 6.79. The summed E-state index contributed by atoms with van der Waals surface area (Å²) in [4.78, 5) is 14.0. The number of nitrogen functional groups attached to an aromatic ring is 1. The van der Waals surface area contributed by atoms with Crippen LogP contribution in [0.1, 0.15) is 32.4 Å². The molecule has 1 amide bonds. The Bertz CT molecular complexity index is 465. The maximum Gasteiger partial charge on any atom is 0.410 e. The fourth-order valence-electron chi connectivity index (χ4n) is 2.14. The van der Waals surface area contributed by atoms with E-state index in [1.165, 1.54) is 0 Å². The second kappa shape index (κ2) is 5.71. The van der Waals surface area contributed by atoms with Gasteiger partial charge in [0.05, 0.1) is 19.3 Å². The number of carbonyl (C=O) groups is 1. The molecule has 0 aromatic heterocycles. The lowest BCUT2D eigenvalue weighted by Crippen LogP contribution is -2.45. The Morgan fingerprint density at radius 3 is 2.60 bits per heavy atom. The number of nitrogens with two attached hydrogens (primary N) is 1. The van der Waals surface area contributed by atoms with Gasteiger partial charge in [0.25, 0.3) is 0 Å². The summed E-state index contributed by atoms with van der Waals surface area (Å²) in [6.45, 7) is 7.13. The SMILES string of the molecule is CC(C)(C)OC(=O)N1CCOC[C@H]1c1ccc(N)cc1. The minimum absolute atomic E-state index is 0.126. The van der Waals surface area contributed by atoms with Crippen molar-refractivity contribution in [3.05, 3.63) is 29.8 Å². The molecular weight excluding hydrogens is 256 g/mol. The number of hydrogen-bond acceptors (Lipinski definition) is 4. The van der Waals surface area contributed by atoms with Crippen LogP contribution in [-0.4, -0.2) is 36.4 Å². The van der Waals surface area contributed by atoms with Crippen LogP contribution in [0, 0.1) is 0 Å². The van der Waals surface area contributed by atoms with Crippen molar-refractivity contribution in [1.29, 1.82) is 0 Å². The Morgan fingerprint density at radius 2 is 2.00 bits per heavy atom. The van der Waals surface area contributed by atoms with Gasteiger partial charge in [0, 0.05) is 12.2 Å². The Kier molecular flexibility index (Phi) is 4.18. The van der Waals surface area contributed by atoms with Gasteiger partial charge in [-0.25, -0.2) is 4.79 Å². The average Bonchev–Trinajstić information content (AvgIpc) is 2.38. The molecule has 0 bridgehead atoms. The fourth-order valence-corrected chi connectivity index (χ4v) is 2.14. The van der Waals surface area contributed by atoms with Crippen LogP contribution in [-0.2, 0) is 9.47 Å². The van der Waals surface area contributed by atoms with Crippen LogP contribution in [0.4, 0.5) is 10.5 Å². The smallest absolute Gasteiger partial charge is 0.410 e. The molecule has 5 nitrogen and oxygen atoms in total. The van der Waals surface area contributed by atoms with Gasteiger partial charge in [-0.05, 0) is 38.5 Å². The normalized spacial score (nSPS) is 19.8. The number of ether oxygens (including phenoxy) is 2. The quantitative estimate of drug-likeness (QED) is 0.802. The molecule has 2 rings (SSSR count). The third-order valence-electron chi connectivity index (χ3n) is 3.08. The van der Waals surface area contributed by atoms with Gasteiger partial charge in [-0.3, -0.25) is 4.90 Å². The number of amides is 1. The molecule has 5 heteroatoms. The molecule has 1 saturated heterocycles. The Labute approximate surface area is 119 Å². The highest BCUT2D eigenvalue weighted by Crippen LogP contribution is 2.26. The van der Waals surface area contributed by atoms with Crippen LogP contribution in [0.25, 0.3) is 0 Å². The van der Waals surface area contributed by atoms with E-state index in [2.05, 4.69) is 0 Å². The minimum Gasteiger partial charge on any atom is -0.444 e. The molecule has 0 unspecified atom stereocenters. The number of anilines is 1. The fraction of sp³-hybridized carbons (Fsp3) is 0.533. The third kappa shape index (κ3) is 3.63. The number of carbonyl (C=O) groups excluding carboxylic acids is 1. The summed E-state index contributed by atoms with van der Waals surface area (Å²) in [6, 6.07) is 7.38. The van der Waals surface area contributed by atoms with Gasteiger partial charge < -0.3 is 15.2 Å². The maximum atomic E-state index is 12.3. The molecule has 1 fully saturated rings. The average molecular weight is 278 g/mol. The summed E-state index contributed by atoms with van der Waals surface area (Å²) in [5.74, 6) is 0. The summed E-state index contributed by atoms with van der Waals surface area (Å²) >= 11 is 0. The molecule has 1 heterocycles. The minimum atomic E-state index is -0.499. The summed E-state index contributed by atoms with van der Waals surface area (Å²) in [5.41, 5.74) is 6.91. The molecular formula is C15H22N2O3. The highest BCUT2D eigenvalue weighted by Gasteiger charge is 2.31. The Hall–Kier alpha value is -1.75. The van der Waals surface area contributed by atoms with Crippen LogP contribution in [0.2, 0.25) is 0 Å². The van der Waals surface area contributed by atoms with Gasteiger partial charge in [0.1, 0.15) is 5.60 Å². The van der Waals surface area contributed by atoms with E-state index in [4.69, 9.17) is 15.2 Å². The van der Waals surface area contributed by atoms with E-state index in [1.807, 2.05) is 45.0 Å². The summed E-state index contributed by atoms with van der Waals surface area (Å²) < 4.78 is 11.0. The van der Waals surface area contributed by atoms with Crippen molar-refractivity contribution in [2.24, 2.45) is 0 Å². The molecule has 0 saturated carbocycles. The zero-order valence-electron chi connectivity index (χ0n) is 12.3. The highest BCUT2D eigenvalue weighted by atomic mass is 16.6. The van der Waals surface area contributed by atoms with Gasteiger partial charge in [-0.15, -0.1) is 0 Å². The van der Waals surface area contributed by atoms with Crippen molar-refractivity contribution in [2.75, 3.05) is 25.5 Å². The van der Waals surface area contributed by atoms with Crippen molar-refractivity contribution in [3.8, 4) is 0 Å². The van der Waals surface area contributed by atoms with E-state index in [1.54, 1.807) is 4.90 Å². The standard InChI is InChI=1S/C15H22N2O3/c1-15(2,3)20-14(18)17-8-9-19-10-13(17)11-4-6-12(16)7-5-11/h4-7,13H,8-10,16H2,1-3H3/t13-/m0/s1. The van der Waals surface area contributed by atoms with E-state index in [9.17, 15) is 4.79 Å². The van der Waals surface area contributed by atoms with Crippen LogP contribution >= 0.6 is 0 Å². The van der Waals surface area contributed by atoms with Gasteiger partial charge in [-0.1, -0.05) is 12.1 Å². The summed E-state index contributed by atoms with van der Waals surface area (Å²) in [7, 11) is 0. The first kappa shape index (κ1) is 14.7. The highest BCUT2D eigenvalue weighted by molar-refractivity contribution is 5.69. The second-order valence-corrected chi connectivity index (χ2v) is 5.93. The first-order chi connectivity index (χ1) is 9.37. The number of rotatable bonds is 1. The second-order valence-electron chi connectivity index (χ2n) is 5.93. The van der Waals surface area contributed by atoms with Crippen molar-refractivity contribution in [2.45, 2.75) is 32.4 Å². The molecule has 1 atom stereocenters. The van der Waals surface area contributed by atoms with Crippen molar-refractivity contribution in [1.82, 2.24) is 4.90 Å². The maximum absolute atomic E-state index is 12.3. The zero-order valence-corrected chi connectivity index (χ0v) is 12.3. The van der Waals surface area contributed by atoms with Gasteiger partial charge in [-0.2, -0.15) is 0 Å².